The number of hydrogen-bond donors (Lipinski definition) is 0. The molecule has 0 bridgehead atoms. The highest BCUT2D eigenvalue weighted by Crippen LogP contribution is 2.29. The molecule has 0 aliphatic carbocycles. The smallest absolute Gasteiger partial charge is 0.462 e. The third kappa shape index (κ3) is 5.37. The molecule has 0 spiro atoms. The number of benzene rings is 1. The predicted molar refractivity (Wildman–Crippen MR) is 71.8 cm³/mol. The Bertz CT molecular complexity index is 529. The lowest BCUT2D eigenvalue weighted by Crippen LogP contribution is -2.20. The van der Waals surface area contributed by atoms with E-state index in [-0.39, 0.29) is 24.2 Å². The van der Waals surface area contributed by atoms with E-state index in [9.17, 15) is 22.8 Å². The summed E-state index contributed by atoms with van der Waals surface area (Å²) < 4.78 is 45.7. The summed E-state index contributed by atoms with van der Waals surface area (Å²) in [6.07, 6.45) is -4.95. The predicted octanol–water partition coefficient (Wildman–Crippen LogP) is 3.73. The van der Waals surface area contributed by atoms with Gasteiger partial charge in [0.15, 0.2) is 5.78 Å². The number of ketones is 1. The molecule has 116 valence electrons. The average Bonchev–Trinajstić information content (AvgIpc) is 2.37. The van der Waals surface area contributed by atoms with Crippen LogP contribution in [0.2, 0.25) is 0 Å². The first-order valence-electron chi connectivity index (χ1n) is 5.94. The maximum atomic E-state index is 12.4. The number of esters is 1. The van der Waals surface area contributed by atoms with Crippen LogP contribution in [0, 0.1) is 0 Å². The first-order valence-corrected chi connectivity index (χ1v) is 7.06. The SMILES string of the molecule is CCOC(=O)c1ccc(C(=O)CCBr)c(OC(F)(F)F)c1. The molecule has 0 saturated heterocycles. The molecular weight excluding hydrogens is 357 g/mol. The lowest BCUT2D eigenvalue weighted by Gasteiger charge is -2.13. The van der Waals surface area contributed by atoms with E-state index in [1.54, 1.807) is 6.92 Å². The highest BCUT2D eigenvalue weighted by Gasteiger charge is 2.33. The Balaban J connectivity index is 3.19. The van der Waals surface area contributed by atoms with Crippen molar-refractivity contribution in [2.45, 2.75) is 19.7 Å². The number of Topliss-reactive ketones (excluding diaryl/α,β-unsaturated/α-hetero) is 1. The molecule has 0 N–H and O–H groups in total. The third-order valence-electron chi connectivity index (χ3n) is 2.34. The first kappa shape index (κ1) is 17.5. The van der Waals surface area contributed by atoms with Gasteiger partial charge in [-0.2, -0.15) is 0 Å². The van der Waals surface area contributed by atoms with E-state index in [0.717, 1.165) is 12.1 Å². The Kier molecular flexibility index (Phi) is 6.19. The number of halogens is 4. The van der Waals surface area contributed by atoms with Crippen LogP contribution in [0.15, 0.2) is 18.2 Å². The lowest BCUT2D eigenvalue weighted by atomic mass is 10.0. The van der Waals surface area contributed by atoms with Crippen molar-refractivity contribution < 1.29 is 32.2 Å². The molecule has 0 fully saturated rings. The first-order chi connectivity index (χ1) is 9.78. The van der Waals surface area contributed by atoms with Gasteiger partial charge in [-0.25, -0.2) is 4.79 Å². The molecule has 0 aromatic heterocycles. The molecule has 0 radical (unpaired) electrons. The Morgan fingerprint density at radius 2 is 1.95 bits per heavy atom. The van der Waals surface area contributed by atoms with E-state index in [1.807, 2.05) is 0 Å². The van der Waals surface area contributed by atoms with Crippen LogP contribution in [-0.2, 0) is 4.74 Å². The highest BCUT2D eigenvalue weighted by atomic mass is 79.9. The average molecular weight is 369 g/mol. The van der Waals surface area contributed by atoms with Crippen molar-refractivity contribution in [2.24, 2.45) is 0 Å². The summed E-state index contributed by atoms with van der Waals surface area (Å²) in [7, 11) is 0. The van der Waals surface area contributed by atoms with Crippen LogP contribution in [-0.4, -0.2) is 30.1 Å². The van der Waals surface area contributed by atoms with Gasteiger partial charge in [0.25, 0.3) is 0 Å². The summed E-state index contributed by atoms with van der Waals surface area (Å²) in [4.78, 5) is 23.3. The highest BCUT2D eigenvalue weighted by molar-refractivity contribution is 9.09. The summed E-state index contributed by atoms with van der Waals surface area (Å²) >= 11 is 3.03. The quantitative estimate of drug-likeness (QED) is 0.436. The van der Waals surface area contributed by atoms with Gasteiger partial charge in [0.2, 0.25) is 0 Å². The molecule has 0 heterocycles. The van der Waals surface area contributed by atoms with E-state index >= 15 is 0 Å². The zero-order valence-electron chi connectivity index (χ0n) is 11.0. The molecule has 0 atom stereocenters. The fraction of sp³-hybridized carbons (Fsp3) is 0.385. The van der Waals surface area contributed by atoms with E-state index in [1.165, 1.54) is 6.07 Å². The van der Waals surface area contributed by atoms with Gasteiger partial charge < -0.3 is 9.47 Å². The molecule has 21 heavy (non-hydrogen) atoms. The second-order valence-electron chi connectivity index (χ2n) is 3.84. The van der Waals surface area contributed by atoms with Gasteiger partial charge in [-0.05, 0) is 25.1 Å². The van der Waals surface area contributed by atoms with Gasteiger partial charge in [0.1, 0.15) is 5.75 Å². The number of hydrogen-bond acceptors (Lipinski definition) is 4. The zero-order valence-corrected chi connectivity index (χ0v) is 12.6. The van der Waals surface area contributed by atoms with E-state index in [0.29, 0.717) is 5.33 Å². The standard InChI is InChI=1S/C13H12BrF3O4/c1-2-20-12(19)8-3-4-9(10(18)5-6-14)11(7-8)21-13(15,16)17/h3-4,7H,2,5-6H2,1H3. The van der Waals surface area contributed by atoms with Gasteiger partial charge >= 0.3 is 12.3 Å². The summed E-state index contributed by atoms with van der Waals surface area (Å²) in [6, 6.07) is 3.20. The Morgan fingerprint density at radius 3 is 2.48 bits per heavy atom. The number of carbonyl (C=O) groups excluding carboxylic acids is 2. The largest absolute Gasteiger partial charge is 0.573 e. The Morgan fingerprint density at radius 1 is 1.29 bits per heavy atom. The molecule has 0 saturated carbocycles. The molecule has 4 nitrogen and oxygen atoms in total. The Labute approximate surface area is 127 Å². The minimum atomic E-state index is -4.96. The summed E-state index contributed by atoms with van der Waals surface area (Å²) in [5.74, 6) is -2.02. The zero-order chi connectivity index (χ0) is 16.0. The number of alkyl halides is 4. The second kappa shape index (κ2) is 7.44. The summed E-state index contributed by atoms with van der Waals surface area (Å²) in [5, 5.41) is 0.302. The molecule has 1 rings (SSSR count). The van der Waals surface area contributed by atoms with Crippen molar-refractivity contribution in [3.05, 3.63) is 29.3 Å². The van der Waals surface area contributed by atoms with Crippen LogP contribution in [0.5, 0.6) is 5.75 Å². The fourth-order valence-corrected chi connectivity index (χ4v) is 1.88. The Hall–Kier alpha value is -1.57. The van der Waals surface area contributed by atoms with Crippen molar-refractivity contribution in [1.29, 1.82) is 0 Å². The minimum Gasteiger partial charge on any atom is -0.462 e. The molecule has 0 unspecified atom stereocenters. The topological polar surface area (TPSA) is 52.6 Å². The third-order valence-corrected chi connectivity index (χ3v) is 2.74. The number of ether oxygens (including phenoxy) is 2. The summed E-state index contributed by atoms with van der Waals surface area (Å²) in [6.45, 7) is 1.65. The monoisotopic (exact) mass is 368 g/mol. The van der Waals surface area contributed by atoms with Crippen molar-refractivity contribution in [1.82, 2.24) is 0 Å². The number of carbonyl (C=O) groups is 2. The van der Waals surface area contributed by atoms with Gasteiger partial charge in [-0.1, -0.05) is 15.9 Å². The fourth-order valence-electron chi connectivity index (χ4n) is 1.52. The molecular formula is C13H12BrF3O4. The van der Waals surface area contributed by atoms with Crippen LogP contribution in [0.25, 0.3) is 0 Å². The summed E-state index contributed by atoms with van der Waals surface area (Å²) in [5.41, 5.74) is -0.355. The maximum Gasteiger partial charge on any atom is 0.573 e. The molecule has 0 aliphatic rings. The molecule has 0 amide bonds. The maximum absolute atomic E-state index is 12.4. The molecule has 1 aromatic carbocycles. The molecule has 1 aromatic rings. The van der Waals surface area contributed by atoms with Gasteiger partial charge in [-0.3, -0.25) is 4.79 Å². The van der Waals surface area contributed by atoms with Crippen LogP contribution in [0.1, 0.15) is 34.1 Å². The number of rotatable bonds is 6. The van der Waals surface area contributed by atoms with Gasteiger partial charge in [0.05, 0.1) is 17.7 Å². The second-order valence-corrected chi connectivity index (χ2v) is 4.63. The van der Waals surface area contributed by atoms with Crippen molar-refractivity contribution in [2.75, 3.05) is 11.9 Å². The minimum absolute atomic E-state index is 0.00691. The van der Waals surface area contributed by atoms with Crippen molar-refractivity contribution >= 4 is 27.7 Å². The van der Waals surface area contributed by atoms with E-state index in [4.69, 9.17) is 4.74 Å². The molecule has 8 heteroatoms. The van der Waals surface area contributed by atoms with E-state index in [2.05, 4.69) is 20.7 Å². The van der Waals surface area contributed by atoms with Gasteiger partial charge in [-0.15, -0.1) is 13.2 Å². The van der Waals surface area contributed by atoms with Crippen LogP contribution < -0.4 is 4.74 Å². The van der Waals surface area contributed by atoms with Crippen LogP contribution in [0.4, 0.5) is 13.2 Å². The van der Waals surface area contributed by atoms with Crippen LogP contribution in [0.3, 0.4) is 0 Å². The molecule has 0 aliphatic heterocycles. The lowest BCUT2D eigenvalue weighted by molar-refractivity contribution is -0.274. The normalized spacial score (nSPS) is 11.1. The van der Waals surface area contributed by atoms with Gasteiger partial charge in [0, 0.05) is 11.8 Å². The van der Waals surface area contributed by atoms with Crippen molar-refractivity contribution in [3.8, 4) is 5.75 Å². The van der Waals surface area contributed by atoms with Crippen LogP contribution >= 0.6 is 15.9 Å². The van der Waals surface area contributed by atoms with E-state index < -0.39 is 23.9 Å². The van der Waals surface area contributed by atoms with Crippen molar-refractivity contribution in [3.63, 3.8) is 0 Å².